The summed E-state index contributed by atoms with van der Waals surface area (Å²) >= 11 is 0. The van der Waals surface area contributed by atoms with E-state index in [1.165, 1.54) is 12.1 Å². The molecule has 1 aromatic carbocycles. The second kappa shape index (κ2) is 24.7. The number of unbranched alkanes of at least 4 members (excludes halogenated alkanes) is 5. The molecule has 0 aliphatic carbocycles. The number of hydrogen-bond acceptors (Lipinski definition) is 13. The number of para-hydroxylation sites is 1. The summed E-state index contributed by atoms with van der Waals surface area (Å²) in [6.45, 7) is -0.122. The number of carboxylic acids is 1. The number of hydroxylamine groups is 4. The van der Waals surface area contributed by atoms with Crippen molar-refractivity contribution in [2.75, 3.05) is 26.3 Å². The van der Waals surface area contributed by atoms with Gasteiger partial charge in [0.1, 0.15) is 42.9 Å². The summed E-state index contributed by atoms with van der Waals surface area (Å²) in [4.78, 5) is 61.7. The van der Waals surface area contributed by atoms with Crippen molar-refractivity contribution in [3.8, 4) is 5.75 Å². The number of carboxylic acid groups (broad SMARTS) is 1. The summed E-state index contributed by atoms with van der Waals surface area (Å²) in [5.41, 5.74) is 0.447. The zero-order valence-corrected chi connectivity index (χ0v) is 30.8. The molecule has 2 saturated heterocycles. The second-order valence-corrected chi connectivity index (χ2v) is 12.9. The van der Waals surface area contributed by atoms with Gasteiger partial charge in [0.15, 0.2) is 0 Å². The number of phenolic OH excluding ortho intramolecular Hbond substituents is 1. The fourth-order valence-electron chi connectivity index (χ4n) is 5.77. The Balaban J connectivity index is 0.00000972. The number of aliphatic carboxylic acids is 1. The van der Waals surface area contributed by atoms with Crippen LogP contribution in [-0.4, -0.2) is 116 Å². The minimum absolute atomic E-state index is 0. The molecule has 0 radical (unpaired) electrons. The van der Waals surface area contributed by atoms with Gasteiger partial charge in [0.25, 0.3) is 5.91 Å². The molecule has 5 unspecified atom stereocenters. The Hall–Kier alpha value is -3.61. The molecule has 2 heterocycles. The maximum Gasteiger partial charge on any atom is 0.328 e. The summed E-state index contributed by atoms with van der Waals surface area (Å²) in [5.74, 6) is -3.32. The van der Waals surface area contributed by atoms with Crippen LogP contribution in [0.4, 0.5) is 0 Å². The van der Waals surface area contributed by atoms with E-state index in [1.54, 1.807) is 24.3 Å². The average Bonchev–Trinajstić information content (AvgIpc) is 3.55. The third-order valence-corrected chi connectivity index (χ3v) is 8.75. The van der Waals surface area contributed by atoms with E-state index in [1.807, 2.05) is 0 Å². The summed E-state index contributed by atoms with van der Waals surface area (Å²) in [7, 11) is 0. The monoisotopic (exact) mass is 791 g/mol. The number of ether oxygens (including phenoxy) is 2. The van der Waals surface area contributed by atoms with E-state index in [0.29, 0.717) is 55.6 Å². The molecule has 298 valence electrons. The van der Waals surface area contributed by atoms with Crippen LogP contribution >= 0.6 is 0 Å². The predicted molar refractivity (Wildman–Crippen MR) is 183 cm³/mol. The van der Waals surface area contributed by atoms with E-state index in [9.17, 15) is 44.6 Å². The third kappa shape index (κ3) is 16.5. The first-order valence-electron chi connectivity index (χ1n) is 17.9. The number of carbonyl (C=O) groups is 5. The van der Waals surface area contributed by atoms with Crippen molar-refractivity contribution in [1.82, 2.24) is 26.1 Å². The predicted octanol–water partition coefficient (Wildman–Crippen LogP) is 1.84. The van der Waals surface area contributed by atoms with Crippen LogP contribution in [0.3, 0.4) is 0 Å². The number of rotatable bonds is 22. The second-order valence-electron chi connectivity index (χ2n) is 12.9. The smallest absolute Gasteiger partial charge is 0.328 e. The molecule has 17 nitrogen and oxygen atoms in total. The molecule has 53 heavy (non-hydrogen) atoms. The summed E-state index contributed by atoms with van der Waals surface area (Å²) in [5, 5.41) is 58.7. The van der Waals surface area contributed by atoms with Crippen molar-refractivity contribution >= 4 is 29.7 Å². The van der Waals surface area contributed by atoms with Crippen molar-refractivity contribution in [1.29, 1.82) is 0 Å². The molecule has 0 aromatic heterocycles. The Kier molecular flexibility index (Phi) is 21.2. The maximum absolute atomic E-state index is 13.2. The molecule has 3 amide bonds. The Labute approximate surface area is 319 Å². The van der Waals surface area contributed by atoms with E-state index in [2.05, 4.69) is 16.0 Å². The van der Waals surface area contributed by atoms with Crippen LogP contribution in [0.15, 0.2) is 36.4 Å². The van der Waals surface area contributed by atoms with Gasteiger partial charge in [-0.2, -0.15) is 5.06 Å². The molecule has 2 aliphatic heterocycles. The summed E-state index contributed by atoms with van der Waals surface area (Å²) in [6.07, 6.45) is 7.24. The number of aliphatic hydroxyl groups excluding tert-OH is 1. The van der Waals surface area contributed by atoms with Crippen LogP contribution in [0, 0.1) is 0 Å². The number of nitrogens with one attached hydrogen (secondary N) is 3. The van der Waals surface area contributed by atoms with Crippen LogP contribution in [-0.2, 0) is 50.5 Å². The number of esters is 1. The summed E-state index contributed by atoms with van der Waals surface area (Å²) < 4.78 is 11.0. The number of phenols is 1. The number of aliphatic hydroxyl groups is 1. The van der Waals surface area contributed by atoms with Crippen molar-refractivity contribution < 1.29 is 76.2 Å². The van der Waals surface area contributed by atoms with Crippen molar-refractivity contribution in [2.45, 2.75) is 114 Å². The summed E-state index contributed by atoms with van der Waals surface area (Å²) in [6, 6.07) is 3.66. The van der Waals surface area contributed by atoms with Gasteiger partial charge in [0.2, 0.25) is 11.8 Å². The van der Waals surface area contributed by atoms with Gasteiger partial charge in [-0.05, 0) is 69.9 Å². The van der Waals surface area contributed by atoms with E-state index in [4.69, 9.17) is 14.6 Å². The third-order valence-electron chi connectivity index (χ3n) is 8.75. The van der Waals surface area contributed by atoms with E-state index >= 15 is 0 Å². The van der Waals surface area contributed by atoms with E-state index in [0.717, 1.165) is 24.3 Å². The molecule has 3 rings (SSSR count). The Morgan fingerprint density at radius 2 is 1.83 bits per heavy atom. The van der Waals surface area contributed by atoms with E-state index in [-0.39, 0.29) is 68.4 Å². The van der Waals surface area contributed by atoms with Crippen LogP contribution in [0.5, 0.6) is 5.75 Å². The molecule has 8 N–H and O–H groups in total. The number of carbonyl (C=O) groups excluding carboxylic acids is 4. The molecule has 5 atom stereocenters. The number of hydrogen-bond donors (Lipinski definition) is 8. The SMILES string of the molecule is O=C(O)CCCCCCC=CC(O)N(O)CCCCC(NC(=O)C1COC(c2ccccc2O)N1)C(=O)OCCC(=O)NC1CCCCN(O)C1=O.[Fe]. The zero-order chi connectivity index (χ0) is 37.9. The van der Waals surface area contributed by atoms with Gasteiger partial charge < -0.3 is 40.6 Å². The first-order valence-corrected chi connectivity index (χ1v) is 17.9. The van der Waals surface area contributed by atoms with Crippen LogP contribution in [0.1, 0.15) is 95.3 Å². The van der Waals surface area contributed by atoms with Gasteiger partial charge >= 0.3 is 11.9 Å². The Bertz CT molecular complexity index is 1350. The van der Waals surface area contributed by atoms with Crippen LogP contribution in [0.2, 0.25) is 0 Å². The maximum atomic E-state index is 13.2. The largest absolute Gasteiger partial charge is 0.508 e. The average molecular weight is 792 g/mol. The zero-order valence-electron chi connectivity index (χ0n) is 29.7. The molecule has 2 fully saturated rings. The van der Waals surface area contributed by atoms with Crippen molar-refractivity contribution in [3.63, 3.8) is 0 Å². The van der Waals surface area contributed by atoms with Crippen LogP contribution in [0.25, 0.3) is 0 Å². The molecule has 1 aromatic rings. The topological polar surface area (TPSA) is 248 Å². The Morgan fingerprint density at radius 3 is 2.58 bits per heavy atom. The molecule has 0 bridgehead atoms. The van der Waals surface area contributed by atoms with Crippen molar-refractivity contribution in [2.24, 2.45) is 0 Å². The molecular formula is C35H53FeN5O12. The number of benzene rings is 1. The van der Waals surface area contributed by atoms with Gasteiger partial charge in [-0.15, -0.1) is 0 Å². The van der Waals surface area contributed by atoms with Gasteiger partial charge in [-0.25, -0.2) is 9.86 Å². The Morgan fingerprint density at radius 1 is 1.08 bits per heavy atom. The van der Waals surface area contributed by atoms with Crippen molar-refractivity contribution in [3.05, 3.63) is 42.0 Å². The number of aromatic hydroxyl groups is 1. The normalized spacial score (nSPS) is 20.0. The first-order chi connectivity index (χ1) is 25.0. The quantitative estimate of drug-likeness (QED) is 0.0159. The number of amides is 3. The fourth-order valence-corrected chi connectivity index (χ4v) is 5.77. The minimum atomic E-state index is -1.25. The number of allylic oxidation sites excluding steroid dienone is 1. The fraction of sp³-hybridized carbons (Fsp3) is 0.629. The molecule has 18 heteroatoms. The molecule has 2 aliphatic rings. The number of nitrogens with zero attached hydrogens (tertiary/aromatic N) is 2. The molecule has 0 saturated carbocycles. The minimum Gasteiger partial charge on any atom is -0.508 e. The first kappa shape index (κ1) is 45.5. The van der Waals surface area contributed by atoms with Gasteiger partial charge in [0, 0.05) is 42.1 Å². The van der Waals surface area contributed by atoms with E-state index < -0.39 is 60.2 Å². The van der Waals surface area contributed by atoms with Crippen LogP contribution < -0.4 is 16.0 Å². The van der Waals surface area contributed by atoms with Gasteiger partial charge in [0.05, 0.1) is 13.0 Å². The van der Waals surface area contributed by atoms with Gasteiger partial charge in [-0.1, -0.05) is 37.1 Å². The molecular weight excluding hydrogens is 738 g/mol. The standard InChI is InChI=1S/C35H53N5O12.Fe/c41-28-16-8-7-13-24(28)33-38-27(23-52-33)32(46)37-26(35(48)51-22-19-29(42)36-25-14-9-12-21-40(50)34(25)47)15-10-11-20-39(49)30(43)17-5-3-1-2-4-6-18-31(44)45;/h5,7-8,13,16-17,25-27,30,33,38,41,43,49-50H,1-4,6,9-12,14-15,18-23H2,(H,36,42)(H,37,46)(H,44,45);. The molecule has 0 spiro atoms. The van der Waals surface area contributed by atoms with Gasteiger partial charge in [-0.3, -0.25) is 29.7 Å².